The van der Waals surface area contributed by atoms with Gasteiger partial charge in [0.05, 0.1) is 43.4 Å². The molecule has 8 heteroatoms. The lowest BCUT2D eigenvalue weighted by Gasteiger charge is -2.33. The summed E-state index contributed by atoms with van der Waals surface area (Å²) in [7, 11) is 0. The zero-order chi connectivity index (χ0) is 20.1. The van der Waals surface area contributed by atoms with Crippen molar-refractivity contribution in [2.45, 2.75) is 5.03 Å². The highest BCUT2D eigenvalue weighted by Crippen LogP contribution is 2.33. The first-order valence-corrected chi connectivity index (χ1v) is 11.1. The Bertz CT molecular complexity index is 852. The molecule has 29 heavy (non-hydrogen) atoms. The van der Waals surface area contributed by atoms with Crippen molar-refractivity contribution in [1.29, 1.82) is 0 Å². The van der Waals surface area contributed by atoms with E-state index in [1.54, 1.807) is 12.3 Å². The fraction of sp³-hybridized carbons (Fsp3) is 0.429. The Morgan fingerprint density at radius 1 is 1.03 bits per heavy atom. The molecule has 0 radical (unpaired) electrons. The molecular weight excluding hydrogens is 388 g/mol. The number of anilines is 3. The predicted molar refractivity (Wildman–Crippen MR) is 116 cm³/mol. The number of thioether (sulfide) groups is 1. The summed E-state index contributed by atoms with van der Waals surface area (Å²) in [6.07, 6.45) is 3.63. The number of benzene rings is 1. The van der Waals surface area contributed by atoms with Gasteiger partial charge in [0.2, 0.25) is 0 Å². The first kappa shape index (κ1) is 20.0. The second kappa shape index (κ2) is 9.47. The van der Waals surface area contributed by atoms with E-state index in [2.05, 4.69) is 32.2 Å². The van der Waals surface area contributed by atoms with Crippen molar-refractivity contribution >= 4 is 34.7 Å². The predicted octanol–water partition coefficient (Wildman–Crippen LogP) is 2.73. The molecule has 2 fully saturated rings. The number of nitrogens with zero attached hydrogens (tertiary/aromatic N) is 3. The second-order valence-corrected chi connectivity index (χ2v) is 7.71. The van der Waals surface area contributed by atoms with E-state index in [-0.39, 0.29) is 5.91 Å². The zero-order valence-corrected chi connectivity index (χ0v) is 17.4. The number of aromatic nitrogens is 1. The topological polar surface area (TPSA) is 66.9 Å². The molecule has 0 bridgehead atoms. The number of hydrogen-bond acceptors (Lipinski definition) is 7. The molecule has 2 saturated heterocycles. The quantitative estimate of drug-likeness (QED) is 0.755. The molecule has 0 atom stereocenters. The van der Waals surface area contributed by atoms with E-state index >= 15 is 0 Å². The molecule has 7 nitrogen and oxygen atoms in total. The lowest BCUT2D eigenvalue weighted by Crippen LogP contribution is -2.38. The maximum atomic E-state index is 13.0. The number of hydrogen-bond donors (Lipinski definition) is 1. The summed E-state index contributed by atoms with van der Waals surface area (Å²) in [6, 6.07) is 9.85. The highest BCUT2D eigenvalue weighted by molar-refractivity contribution is 7.98. The standard InChI is InChI=1S/C21H26N4O3S/c1-29-21-17(3-2-6-22-21)20(26)23-18-5-4-16(24-7-11-27-12-8-24)15-19(18)25-9-13-28-14-10-25/h2-6,15H,7-14H2,1H3,(H,23,26). The number of amides is 1. The molecule has 0 saturated carbocycles. The summed E-state index contributed by atoms with van der Waals surface area (Å²) in [5.74, 6) is -0.143. The van der Waals surface area contributed by atoms with Crippen LogP contribution in [0.3, 0.4) is 0 Å². The van der Waals surface area contributed by atoms with Gasteiger partial charge in [0.15, 0.2) is 0 Å². The minimum absolute atomic E-state index is 0.143. The van der Waals surface area contributed by atoms with Gasteiger partial charge < -0.3 is 24.6 Å². The van der Waals surface area contributed by atoms with Gasteiger partial charge in [-0.15, -0.1) is 11.8 Å². The Morgan fingerprint density at radius 2 is 1.72 bits per heavy atom. The monoisotopic (exact) mass is 414 g/mol. The average Bonchev–Trinajstić information content (AvgIpc) is 2.80. The molecule has 2 aliphatic heterocycles. The van der Waals surface area contributed by atoms with Gasteiger partial charge in [-0.3, -0.25) is 4.79 Å². The van der Waals surface area contributed by atoms with E-state index in [9.17, 15) is 4.79 Å². The van der Waals surface area contributed by atoms with Gasteiger partial charge in [0.1, 0.15) is 5.03 Å². The van der Waals surface area contributed by atoms with Crippen molar-refractivity contribution in [3.63, 3.8) is 0 Å². The second-order valence-electron chi connectivity index (χ2n) is 6.91. The molecule has 2 aliphatic rings. The fourth-order valence-electron chi connectivity index (χ4n) is 3.63. The van der Waals surface area contributed by atoms with Gasteiger partial charge in [0.25, 0.3) is 5.91 Å². The minimum Gasteiger partial charge on any atom is -0.378 e. The third kappa shape index (κ3) is 4.66. The fourth-order valence-corrected chi connectivity index (χ4v) is 4.17. The summed E-state index contributed by atoms with van der Waals surface area (Å²) in [6.45, 7) is 6.22. The SMILES string of the molecule is CSc1ncccc1C(=O)Nc1ccc(N2CCOCC2)cc1N1CCOCC1. The third-order valence-corrected chi connectivity index (χ3v) is 5.88. The number of carbonyl (C=O) groups is 1. The Hall–Kier alpha value is -2.29. The normalized spacial score (nSPS) is 17.3. The van der Waals surface area contributed by atoms with Crippen LogP contribution in [0.25, 0.3) is 0 Å². The number of carbonyl (C=O) groups excluding carboxylic acids is 1. The van der Waals surface area contributed by atoms with Crippen LogP contribution in [0.4, 0.5) is 17.1 Å². The molecule has 4 rings (SSSR count). The van der Waals surface area contributed by atoms with Gasteiger partial charge in [0, 0.05) is 38.1 Å². The largest absolute Gasteiger partial charge is 0.378 e. The third-order valence-electron chi connectivity index (χ3n) is 5.17. The number of morpholine rings is 2. The Balaban J connectivity index is 1.63. The molecule has 1 amide bonds. The van der Waals surface area contributed by atoms with Crippen molar-refractivity contribution in [3.05, 3.63) is 42.1 Å². The maximum Gasteiger partial charge on any atom is 0.258 e. The van der Waals surface area contributed by atoms with Crippen LogP contribution in [-0.4, -0.2) is 69.8 Å². The Kier molecular flexibility index (Phi) is 6.53. The first-order valence-electron chi connectivity index (χ1n) is 9.86. The van der Waals surface area contributed by atoms with Crippen LogP contribution in [-0.2, 0) is 9.47 Å². The van der Waals surface area contributed by atoms with Crippen LogP contribution in [0.5, 0.6) is 0 Å². The van der Waals surface area contributed by atoms with Gasteiger partial charge in [-0.05, 0) is 36.6 Å². The number of pyridine rings is 1. The van der Waals surface area contributed by atoms with E-state index in [0.29, 0.717) is 18.8 Å². The molecule has 0 aliphatic carbocycles. The molecule has 3 heterocycles. The van der Waals surface area contributed by atoms with Crippen LogP contribution in [0, 0.1) is 0 Å². The number of nitrogens with one attached hydrogen (secondary N) is 1. The molecule has 1 aromatic carbocycles. The molecule has 0 spiro atoms. The smallest absolute Gasteiger partial charge is 0.258 e. The van der Waals surface area contributed by atoms with E-state index in [0.717, 1.165) is 61.5 Å². The van der Waals surface area contributed by atoms with E-state index < -0.39 is 0 Å². The molecule has 154 valence electrons. The molecule has 1 aromatic heterocycles. The maximum absolute atomic E-state index is 13.0. The van der Waals surface area contributed by atoms with Gasteiger partial charge >= 0.3 is 0 Å². The van der Waals surface area contributed by atoms with Crippen molar-refractivity contribution < 1.29 is 14.3 Å². The summed E-state index contributed by atoms with van der Waals surface area (Å²) in [5.41, 5.74) is 3.58. The highest BCUT2D eigenvalue weighted by atomic mass is 32.2. The lowest BCUT2D eigenvalue weighted by molar-refractivity contribution is 0.102. The summed E-state index contributed by atoms with van der Waals surface area (Å²) < 4.78 is 11.0. The van der Waals surface area contributed by atoms with Gasteiger partial charge in [-0.1, -0.05) is 0 Å². The summed E-state index contributed by atoms with van der Waals surface area (Å²) >= 11 is 1.47. The van der Waals surface area contributed by atoms with Crippen molar-refractivity contribution in [3.8, 4) is 0 Å². The average molecular weight is 415 g/mol. The zero-order valence-electron chi connectivity index (χ0n) is 16.6. The van der Waals surface area contributed by atoms with E-state index in [1.165, 1.54) is 11.8 Å². The number of rotatable bonds is 5. The Labute approximate surface area is 175 Å². The molecule has 1 N–H and O–H groups in total. The van der Waals surface area contributed by atoms with Crippen LogP contribution >= 0.6 is 11.8 Å². The van der Waals surface area contributed by atoms with Crippen LogP contribution in [0.1, 0.15) is 10.4 Å². The van der Waals surface area contributed by atoms with Crippen molar-refractivity contribution in [2.24, 2.45) is 0 Å². The Morgan fingerprint density at radius 3 is 2.41 bits per heavy atom. The first-order chi connectivity index (χ1) is 14.3. The minimum atomic E-state index is -0.143. The summed E-state index contributed by atoms with van der Waals surface area (Å²) in [5, 5.41) is 3.84. The van der Waals surface area contributed by atoms with E-state index in [1.807, 2.05) is 18.4 Å². The van der Waals surface area contributed by atoms with Crippen LogP contribution in [0.2, 0.25) is 0 Å². The van der Waals surface area contributed by atoms with E-state index in [4.69, 9.17) is 9.47 Å². The molecule has 0 unspecified atom stereocenters. The van der Waals surface area contributed by atoms with Crippen molar-refractivity contribution in [1.82, 2.24) is 4.98 Å². The van der Waals surface area contributed by atoms with Crippen LogP contribution in [0.15, 0.2) is 41.6 Å². The highest BCUT2D eigenvalue weighted by Gasteiger charge is 2.20. The lowest BCUT2D eigenvalue weighted by atomic mass is 10.1. The van der Waals surface area contributed by atoms with Gasteiger partial charge in [-0.2, -0.15) is 0 Å². The number of ether oxygens (including phenoxy) is 2. The molecule has 2 aromatic rings. The van der Waals surface area contributed by atoms with Crippen molar-refractivity contribution in [2.75, 3.05) is 74.0 Å². The summed E-state index contributed by atoms with van der Waals surface area (Å²) in [4.78, 5) is 21.9. The van der Waals surface area contributed by atoms with Crippen LogP contribution < -0.4 is 15.1 Å². The molecular formula is C21H26N4O3S. The van der Waals surface area contributed by atoms with Gasteiger partial charge in [-0.25, -0.2) is 4.98 Å².